The minimum absolute atomic E-state index is 0.431. The lowest BCUT2D eigenvalue weighted by atomic mass is 9.80. The maximum atomic E-state index is 12.2. The van der Waals surface area contributed by atoms with Gasteiger partial charge in [0, 0.05) is 24.7 Å². The highest BCUT2D eigenvalue weighted by molar-refractivity contribution is 5.83. The van der Waals surface area contributed by atoms with Crippen LogP contribution >= 0.6 is 0 Å². The van der Waals surface area contributed by atoms with Gasteiger partial charge in [-0.1, -0.05) is 259 Å². The number of carbonyl (C=O) groups is 2. The van der Waals surface area contributed by atoms with Crippen LogP contribution in [0.25, 0.3) is 0 Å². The average molecular weight is 1080 g/mol. The van der Waals surface area contributed by atoms with Crippen molar-refractivity contribution in [1.29, 1.82) is 0 Å². The minimum Gasteiger partial charge on any atom is -0.516 e. The summed E-state index contributed by atoms with van der Waals surface area (Å²) < 4.78 is 5.31. The zero-order chi connectivity index (χ0) is 58.5. The highest BCUT2D eigenvalue weighted by atomic mass is 16.5. The quantitative estimate of drug-likeness (QED) is 0.0493. The summed E-state index contributed by atoms with van der Waals surface area (Å²) >= 11 is 0. The summed E-state index contributed by atoms with van der Waals surface area (Å²) in [5.41, 5.74) is 1.75. The molecular weight excluding hydrogens is 931 g/mol. The van der Waals surface area contributed by atoms with Crippen LogP contribution < -0.4 is 0 Å². The van der Waals surface area contributed by atoms with Gasteiger partial charge >= 0.3 is 0 Å². The number of aliphatic hydroxyl groups is 1. The highest BCUT2D eigenvalue weighted by Crippen LogP contribution is 2.44. The maximum Gasteiger partial charge on any atom is 0.136 e. The van der Waals surface area contributed by atoms with Crippen molar-refractivity contribution < 1.29 is 19.4 Å². The van der Waals surface area contributed by atoms with Crippen LogP contribution in [0.15, 0.2) is 24.2 Å². The van der Waals surface area contributed by atoms with Crippen molar-refractivity contribution >= 4 is 11.6 Å². The number of ketones is 2. The Kier molecular flexibility index (Phi) is 72.1. The Balaban J connectivity index is -0.000000311. The monoisotopic (exact) mass is 1080 g/mol. The summed E-state index contributed by atoms with van der Waals surface area (Å²) in [6, 6.07) is 0. The van der Waals surface area contributed by atoms with Gasteiger partial charge in [-0.25, -0.2) is 0 Å². The molecule has 4 aliphatic rings. The summed E-state index contributed by atoms with van der Waals surface area (Å²) in [5.74, 6) is 4.61. The van der Waals surface area contributed by atoms with Crippen LogP contribution in [0.3, 0.4) is 0 Å². The predicted molar refractivity (Wildman–Crippen MR) is 345 cm³/mol. The number of allylic oxidation sites excluding steroid dienone is 2. The number of rotatable bonds is 38. The molecular formula is C71H145NO4. The summed E-state index contributed by atoms with van der Waals surface area (Å²) in [5, 5.41) is 8.04. The van der Waals surface area contributed by atoms with E-state index in [0.717, 1.165) is 69.3 Å². The Morgan fingerprint density at radius 3 is 1.59 bits per heavy atom. The number of aliphatic hydroxyl groups excluding tert-OH is 1. The van der Waals surface area contributed by atoms with Crippen LogP contribution in [0.4, 0.5) is 0 Å². The fraction of sp³-hybridized carbons (Fsp3) is 0.915. The van der Waals surface area contributed by atoms with Crippen LogP contribution in [0, 0.1) is 35.0 Å². The van der Waals surface area contributed by atoms with E-state index < -0.39 is 0 Å². The number of carbonyl (C=O) groups excluding carboxylic acids is 2. The normalized spacial score (nSPS) is 15.9. The Morgan fingerprint density at radius 2 is 1.11 bits per heavy atom. The summed E-state index contributed by atoms with van der Waals surface area (Å²) in [7, 11) is 0. The lowest BCUT2D eigenvalue weighted by Gasteiger charge is -2.26. The Morgan fingerprint density at radius 1 is 0.605 bits per heavy atom. The molecule has 1 heterocycles. The number of hydrogen-bond acceptors (Lipinski definition) is 5. The van der Waals surface area contributed by atoms with Gasteiger partial charge in [0.15, 0.2) is 0 Å². The zero-order valence-electron chi connectivity index (χ0n) is 55.7. The van der Waals surface area contributed by atoms with Crippen LogP contribution in [0.2, 0.25) is 0 Å². The van der Waals surface area contributed by atoms with Gasteiger partial charge < -0.3 is 14.7 Å². The van der Waals surface area contributed by atoms with Gasteiger partial charge in [-0.3, -0.25) is 9.59 Å². The number of hydrogen-bond donors (Lipinski definition) is 1. The van der Waals surface area contributed by atoms with E-state index in [2.05, 4.69) is 67.2 Å². The van der Waals surface area contributed by atoms with E-state index in [9.17, 15) is 9.59 Å². The van der Waals surface area contributed by atoms with E-state index in [1.165, 1.54) is 224 Å². The molecule has 0 radical (unpaired) electrons. The molecule has 2 unspecified atom stereocenters. The zero-order valence-corrected chi connectivity index (χ0v) is 55.7. The fourth-order valence-electron chi connectivity index (χ4n) is 9.84. The molecule has 5 heteroatoms. The van der Waals surface area contributed by atoms with Crippen molar-refractivity contribution in [1.82, 2.24) is 4.90 Å². The molecule has 4 fully saturated rings. The van der Waals surface area contributed by atoms with Crippen LogP contribution in [-0.2, 0) is 14.3 Å². The topological polar surface area (TPSA) is 66.8 Å². The number of unbranched alkanes of at least 4 members (excludes halogenated alkanes) is 11. The molecule has 3 aliphatic carbocycles. The van der Waals surface area contributed by atoms with Crippen molar-refractivity contribution in [3.05, 3.63) is 24.2 Å². The third kappa shape index (κ3) is 60.0. The lowest BCUT2D eigenvalue weighted by molar-refractivity contribution is -0.121. The van der Waals surface area contributed by atoms with Crippen molar-refractivity contribution in [3.8, 4) is 0 Å². The van der Waals surface area contributed by atoms with Gasteiger partial charge in [-0.15, -0.1) is 0 Å². The molecule has 1 saturated heterocycles. The smallest absolute Gasteiger partial charge is 0.136 e. The third-order valence-electron chi connectivity index (χ3n) is 15.0. The maximum absolute atomic E-state index is 12.2. The highest BCUT2D eigenvalue weighted by Gasteiger charge is 2.41. The largest absolute Gasteiger partial charge is 0.516 e. The van der Waals surface area contributed by atoms with Gasteiger partial charge in [0.25, 0.3) is 0 Å². The second-order valence-corrected chi connectivity index (χ2v) is 22.7. The number of likely N-dealkylation sites (tertiary alicyclic amines) is 1. The summed E-state index contributed by atoms with van der Waals surface area (Å²) in [4.78, 5) is 25.7. The standard InChI is InChI=1S/C27H55N.C22H40O2.C7H12O.C4H6O.C3H8.4C2H6/c1-5-7-11-18-26(19-12-8-6-2)20-17-22-27(3,4)21-13-9-10-14-23-28-24-15-16-25-28;1-4-16-24-17-11-9-7-8-10-15-22(23)21-18-20(21)14-12-13-19(5-2)6-3;1-2-3-7(8)6-4-5-6;5-3-4-1-2-4;1-3-2;4*1-2/h26H,5-25H2,1-4H3;4,16,19-21H,5-15,17-18H2,1-3H3;6H,2-5H2,1H3;3,5H,1-2H2;3H2,1-2H3;4*1-2H3/b;16-4+;;;;;;;. The van der Waals surface area contributed by atoms with E-state index in [1.54, 1.807) is 6.26 Å². The van der Waals surface area contributed by atoms with E-state index >= 15 is 0 Å². The third-order valence-corrected chi connectivity index (χ3v) is 15.0. The molecule has 0 bridgehead atoms. The second-order valence-electron chi connectivity index (χ2n) is 22.7. The van der Waals surface area contributed by atoms with Crippen LogP contribution in [0.1, 0.15) is 362 Å². The molecule has 0 spiro atoms. The van der Waals surface area contributed by atoms with E-state index in [0.29, 0.717) is 28.8 Å². The molecule has 0 amide bonds. The second kappa shape index (κ2) is 65.9. The Labute approximate surface area is 481 Å². The minimum atomic E-state index is 0.431. The number of ether oxygens (including phenoxy) is 1. The van der Waals surface area contributed by atoms with Crippen molar-refractivity contribution in [2.45, 2.75) is 362 Å². The van der Waals surface area contributed by atoms with Crippen LogP contribution in [0.5, 0.6) is 0 Å². The summed E-state index contributed by atoms with van der Waals surface area (Å²) in [6.45, 7) is 43.5. The molecule has 4 rings (SSSR count). The van der Waals surface area contributed by atoms with E-state index in [1.807, 2.05) is 68.4 Å². The van der Waals surface area contributed by atoms with Gasteiger partial charge in [0.05, 0.1) is 19.1 Å². The molecule has 458 valence electrons. The molecule has 1 N–H and O–H groups in total. The lowest BCUT2D eigenvalue weighted by Crippen LogP contribution is -2.20. The molecule has 0 aromatic rings. The van der Waals surface area contributed by atoms with Gasteiger partial charge in [0.2, 0.25) is 0 Å². The fourth-order valence-corrected chi connectivity index (χ4v) is 9.84. The van der Waals surface area contributed by atoms with Gasteiger partial charge in [0.1, 0.15) is 11.6 Å². The van der Waals surface area contributed by atoms with Crippen molar-refractivity contribution in [3.63, 3.8) is 0 Å². The molecule has 5 nitrogen and oxygen atoms in total. The molecule has 1 aliphatic heterocycles. The average Bonchev–Trinajstić information content (AvgIpc) is 4.36. The SMILES string of the molecule is C/C=C/OCCCCCCCC(=O)C1CC1CCCC(CC)CC.CC.CC.CC.CC.CCC.CCCC(=O)C1CC1.CCCCCC(CCCCC)CCCC(C)(C)CCCCCCN1CCCC1.OC=C1CC1. The first-order valence-electron chi connectivity index (χ1n) is 34.3. The van der Waals surface area contributed by atoms with Gasteiger partial charge in [-0.2, -0.15) is 0 Å². The molecule has 2 atom stereocenters. The van der Waals surface area contributed by atoms with Crippen molar-refractivity contribution in [2.24, 2.45) is 35.0 Å². The first kappa shape index (κ1) is 83.2. The predicted octanol–water partition coefficient (Wildman–Crippen LogP) is 24.2. The van der Waals surface area contributed by atoms with Crippen LogP contribution in [-0.4, -0.2) is 47.8 Å². The van der Waals surface area contributed by atoms with Gasteiger partial charge in [-0.05, 0) is 145 Å². The Hall–Kier alpha value is -1.62. The van der Waals surface area contributed by atoms with Crippen molar-refractivity contribution in [2.75, 3.05) is 26.2 Å². The summed E-state index contributed by atoms with van der Waals surface area (Å²) in [6.07, 6.45) is 53.0. The number of nitrogens with zero attached hydrogens (tertiary/aromatic N) is 1. The molecule has 0 aromatic heterocycles. The molecule has 0 aromatic carbocycles. The first-order valence-corrected chi connectivity index (χ1v) is 34.3. The Bertz CT molecular complexity index is 1160. The number of Topliss-reactive ketones (excluding diaryl/α,β-unsaturated/α-hetero) is 2. The first-order chi connectivity index (χ1) is 37.0. The van der Waals surface area contributed by atoms with E-state index in [4.69, 9.17) is 9.84 Å². The van der Waals surface area contributed by atoms with E-state index in [-0.39, 0.29) is 0 Å². The molecule has 76 heavy (non-hydrogen) atoms. The molecule has 3 saturated carbocycles.